The van der Waals surface area contributed by atoms with E-state index in [0.29, 0.717) is 6.61 Å². The molecule has 0 bridgehead atoms. The first-order valence-corrected chi connectivity index (χ1v) is 2.88. The molecule has 0 unspecified atom stereocenters. The van der Waals surface area contributed by atoms with Crippen LogP contribution in [0.1, 0.15) is 6.42 Å². The summed E-state index contributed by atoms with van der Waals surface area (Å²) in [5.74, 6) is -0.190. The van der Waals surface area contributed by atoms with Crippen molar-refractivity contribution >= 4 is 5.97 Å². The SMILES string of the molecule is CN/C=C1\CCOC1=O. The molecule has 0 radical (unpaired) electrons. The van der Waals surface area contributed by atoms with E-state index in [1.54, 1.807) is 13.2 Å². The minimum atomic E-state index is -0.190. The van der Waals surface area contributed by atoms with Crippen LogP contribution in [0.15, 0.2) is 11.8 Å². The Kier molecular flexibility index (Phi) is 1.72. The molecule has 0 aromatic carbocycles. The minimum Gasteiger partial charge on any atom is -0.462 e. The molecule has 0 atom stereocenters. The molecular weight excluding hydrogens is 118 g/mol. The second kappa shape index (κ2) is 2.53. The second-order valence-corrected chi connectivity index (χ2v) is 1.84. The third-order valence-electron chi connectivity index (χ3n) is 1.19. The molecule has 0 aromatic rings. The van der Waals surface area contributed by atoms with E-state index in [1.807, 2.05) is 0 Å². The van der Waals surface area contributed by atoms with Crippen molar-refractivity contribution in [1.82, 2.24) is 5.32 Å². The van der Waals surface area contributed by atoms with Gasteiger partial charge in [0.2, 0.25) is 0 Å². The molecule has 0 saturated carbocycles. The molecule has 1 heterocycles. The fourth-order valence-corrected chi connectivity index (χ4v) is 0.754. The zero-order valence-corrected chi connectivity index (χ0v) is 5.31. The van der Waals surface area contributed by atoms with Crippen LogP contribution in [0.25, 0.3) is 0 Å². The molecule has 1 saturated heterocycles. The van der Waals surface area contributed by atoms with Gasteiger partial charge in [-0.1, -0.05) is 0 Å². The van der Waals surface area contributed by atoms with Crippen molar-refractivity contribution < 1.29 is 9.53 Å². The van der Waals surface area contributed by atoms with Crippen LogP contribution < -0.4 is 5.32 Å². The van der Waals surface area contributed by atoms with Crippen LogP contribution in [-0.2, 0) is 9.53 Å². The first-order valence-electron chi connectivity index (χ1n) is 2.88. The zero-order chi connectivity index (χ0) is 6.69. The highest BCUT2D eigenvalue weighted by Gasteiger charge is 2.17. The van der Waals surface area contributed by atoms with Crippen LogP contribution in [0.4, 0.5) is 0 Å². The molecule has 1 fully saturated rings. The Morgan fingerprint density at radius 1 is 1.78 bits per heavy atom. The van der Waals surface area contributed by atoms with E-state index in [9.17, 15) is 4.79 Å². The van der Waals surface area contributed by atoms with Crippen LogP contribution in [0.2, 0.25) is 0 Å². The van der Waals surface area contributed by atoms with E-state index in [2.05, 4.69) is 10.1 Å². The summed E-state index contributed by atoms with van der Waals surface area (Å²) < 4.78 is 4.67. The lowest BCUT2D eigenvalue weighted by Crippen LogP contribution is -2.00. The normalized spacial score (nSPS) is 22.3. The van der Waals surface area contributed by atoms with Gasteiger partial charge in [0.25, 0.3) is 0 Å². The van der Waals surface area contributed by atoms with Crippen LogP contribution in [0.5, 0.6) is 0 Å². The number of hydrogen-bond donors (Lipinski definition) is 1. The fourth-order valence-electron chi connectivity index (χ4n) is 0.754. The second-order valence-electron chi connectivity index (χ2n) is 1.84. The van der Waals surface area contributed by atoms with Gasteiger partial charge in [-0.15, -0.1) is 0 Å². The van der Waals surface area contributed by atoms with Gasteiger partial charge in [-0.3, -0.25) is 0 Å². The summed E-state index contributed by atoms with van der Waals surface area (Å²) in [4.78, 5) is 10.6. The average Bonchev–Trinajstić information content (AvgIpc) is 2.18. The standard InChI is InChI=1S/C6H9NO2/c1-7-4-5-2-3-9-6(5)8/h4,7H,2-3H2,1H3/b5-4+. The molecule has 0 aromatic heterocycles. The highest BCUT2D eigenvalue weighted by Crippen LogP contribution is 2.10. The smallest absolute Gasteiger partial charge is 0.335 e. The van der Waals surface area contributed by atoms with Gasteiger partial charge in [-0.05, 0) is 0 Å². The Hall–Kier alpha value is -0.990. The molecule has 1 aliphatic heterocycles. The highest BCUT2D eigenvalue weighted by atomic mass is 16.5. The average molecular weight is 127 g/mol. The monoisotopic (exact) mass is 127 g/mol. The number of rotatable bonds is 1. The maximum atomic E-state index is 10.6. The predicted molar refractivity (Wildman–Crippen MR) is 32.7 cm³/mol. The summed E-state index contributed by atoms with van der Waals surface area (Å²) in [7, 11) is 1.76. The summed E-state index contributed by atoms with van der Waals surface area (Å²) >= 11 is 0. The number of ether oxygens (including phenoxy) is 1. The maximum absolute atomic E-state index is 10.6. The maximum Gasteiger partial charge on any atom is 0.335 e. The van der Waals surface area contributed by atoms with Gasteiger partial charge in [-0.25, -0.2) is 4.79 Å². The lowest BCUT2D eigenvalue weighted by Gasteiger charge is -1.89. The summed E-state index contributed by atoms with van der Waals surface area (Å²) in [6.07, 6.45) is 2.41. The molecule has 1 N–H and O–H groups in total. The molecule has 3 nitrogen and oxygen atoms in total. The van der Waals surface area contributed by atoms with Crippen molar-refractivity contribution in [2.45, 2.75) is 6.42 Å². The number of esters is 1. The first-order chi connectivity index (χ1) is 4.34. The Bertz CT molecular complexity index is 151. The topological polar surface area (TPSA) is 38.3 Å². The summed E-state index contributed by atoms with van der Waals surface area (Å²) in [6.45, 7) is 0.534. The van der Waals surface area contributed by atoms with E-state index < -0.39 is 0 Å². The van der Waals surface area contributed by atoms with Gasteiger partial charge in [-0.2, -0.15) is 0 Å². The Morgan fingerprint density at radius 2 is 2.56 bits per heavy atom. The summed E-state index contributed by atoms with van der Waals surface area (Å²) in [6, 6.07) is 0. The zero-order valence-electron chi connectivity index (χ0n) is 5.31. The fraction of sp³-hybridized carbons (Fsp3) is 0.500. The van der Waals surface area contributed by atoms with Crippen LogP contribution in [0, 0.1) is 0 Å². The molecule has 50 valence electrons. The quantitative estimate of drug-likeness (QED) is 0.399. The molecule has 9 heavy (non-hydrogen) atoms. The van der Waals surface area contributed by atoms with E-state index in [0.717, 1.165) is 12.0 Å². The third kappa shape index (κ3) is 1.22. The van der Waals surface area contributed by atoms with E-state index in [4.69, 9.17) is 0 Å². The Balaban J connectivity index is 2.59. The summed E-state index contributed by atoms with van der Waals surface area (Å²) in [5, 5.41) is 2.78. The molecule has 3 heteroatoms. The van der Waals surface area contributed by atoms with Gasteiger partial charge < -0.3 is 10.1 Å². The van der Waals surface area contributed by atoms with Crippen LogP contribution >= 0.6 is 0 Å². The Labute approximate surface area is 53.7 Å². The molecule has 0 spiro atoms. The van der Waals surface area contributed by atoms with Crippen LogP contribution in [0.3, 0.4) is 0 Å². The minimum absolute atomic E-state index is 0.190. The molecular formula is C6H9NO2. The number of hydrogen-bond acceptors (Lipinski definition) is 3. The van der Waals surface area contributed by atoms with Crippen molar-refractivity contribution in [3.8, 4) is 0 Å². The molecule has 0 aliphatic carbocycles. The van der Waals surface area contributed by atoms with E-state index in [-0.39, 0.29) is 5.97 Å². The van der Waals surface area contributed by atoms with Gasteiger partial charge in [0.1, 0.15) is 0 Å². The predicted octanol–water partition coefficient (Wildman–Crippen LogP) is 0.0366. The van der Waals surface area contributed by atoms with Crippen molar-refractivity contribution in [2.24, 2.45) is 0 Å². The third-order valence-corrected chi connectivity index (χ3v) is 1.19. The lowest BCUT2D eigenvalue weighted by atomic mass is 10.2. The number of carbonyl (C=O) groups excluding carboxylic acids is 1. The van der Waals surface area contributed by atoms with Crippen LogP contribution in [-0.4, -0.2) is 19.6 Å². The van der Waals surface area contributed by atoms with Crippen molar-refractivity contribution in [3.63, 3.8) is 0 Å². The molecule has 0 amide bonds. The largest absolute Gasteiger partial charge is 0.462 e. The first kappa shape index (κ1) is 6.13. The number of carbonyl (C=O) groups is 1. The number of cyclic esters (lactones) is 1. The van der Waals surface area contributed by atoms with Gasteiger partial charge >= 0.3 is 5.97 Å². The van der Waals surface area contributed by atoms with Gasteiger partial charge in [0, 0.05) is 19.7 Å². The van der Waals surface area contributed by atoms with Gasteiger partial charge in [0.15, 0.2) is 0 Å². The lowest BCUT2D eigenvalue weighted by molar-refractivity contribution is -0.135. The van der Waals surface area contributed by atoms with Gasteiger partial charge in [0.05, 0.1) is 12.2 Å². The van der Waals surface area contributed by atoms with E-state index in [1.165, 1.54) is 0 Å². The van der Waals surface area contributed by atoms with Crippen molar-refractivity contribution in [1.29, 1.82) is 0 Å². The van der Waals surface area contributed by atoms with E-state index >= 15 is 0 Å². The van der Waals surface area contributed by atoms with Crippen molar-refractivity contribution in [3.05, 3.63) is 11.8 Å². The Morgan fingerprint density at radius 3 is 3.00 bits per heavy atom. The number of nitrogens with one attached hydrogen (secondary N) is 1. The van der Waals surface area contributed by atoms with Crippen molar-refractivity contribution in [2.75, 3.05) is 13.7 Å². The highest BCUT2D eigenvalue weighted by molar-refractivity contribution is 5.90. The molecule has 1 aliphatic rings. The summed E-state index contributed by atoms with van der Waals surface area (Å²) in [5.41, 5.74) is 0.734. The molecule has 1 rings (SSSR count).